The van der Waals surface area contributed by atoms with Crippen molar-refractivity contribution in [3.63, 3.8) is 0 Å². The van der Waals surface area contributed by atoms with Crippen LogP contribution < -0.4 is 5.63 Å². The van der Waals surface area contributed by atoms with Crippen LogP contribution in [0.2, 0.25) is 0 Å². The van der Waals surface area contributed by atoms with Crippen molar-refractivity contribution >= 4 is 16.7 Å². The number of nitro groups is 1. The number of rotatable bonds is 5. The van der Waals surface area contributed by atoms with Gasteiger partial charge in [-0.2, -0.15) is 0 Å². The van der Waals surface area contributed by atoms with Crippen molar-refractivity contribution in [2.75, 3.05) is 0 Å². The van der Waals surface area contributed by atoms with Crippen molar-refractivity contribution in [1.82, 2.24) is 4.98 Å². The molecule has 2 heterocycles. The summed E-state index contributed by atoms with van der Waals surface area (Å²) in [5, 5.41) is 12.0. The molecule has 2 aromatic heterocycles. The van der Waals surface area contributed by atoms with E-state index in [0.29, 0.717) is 18.4 Å². The van der Waals surface area contributed by atoms with Crippen LogP contribution in [0.4, 0.5) is 5.69 Å². The van der Waals surface area contributed by atoms with Crippen molar-refractivity contribution in [3.05, 3.63) is 104 Å². The molecule has 2 aromatic carbocycles. The molecular weight excluding hydrogens is 368 g/mol. The number of benzene rings is 2. The normalized spacial score (nSPS) is 10.9. The summed E-state index contributed by atoms with van der Waals surface area (Å²) >= 11 is 0. The zero-order valence-corrected chi connectivity index (χ0v) is 15.8. The second-order valence-corrected chi connectivity index (χ2v) is 6.72. The summed E-state index contributed by atoms with van der Waals surface area (Å²) in [7, 11) is 0. The van der Waals surface area contributed by atoms with Crippen LogP contribution in [0.3, 0.4) is 0 Å². The van der Waals surface area contributed by atoms with E-state index in [1.54, 1.807) is 24.4 Å². The SMILES string of the molecule is CCc1nccc(-c2cc(=O)oc3ccccc23)c1Cc1cccc([N+](=O)[O-])c1. The fourth-order valence-electron chi connectivity index (χ4n) is 3.61. The average molecular weight is 386 g/mol. The molecule has 0 amide bonds. The average Bonchev–Trinajstić information content (AvgIpc) is 2.73. The number of fused-ring (bicyclic) bond motifs is 1. The molecule has 0 N–H and O–H groups in total. The molecule has 4 aromatic rings. The van der Waals surface area contributed by atoms with E-state index in [1.807, 2.05) is 37.3 Å². The lowest BCUT2D eigenvalue weighted by Crippen LogP contribution is -2.04. The lowest BCUT2D eigenvalue weighted by atomic mass is 9.92. The van der Waals surface area contributed by atoms with Gasteiger partial charge in [0.2, 0.25) is 0 Å². The molecule has 0 unspecified atom stereocenters. The number of pyridine rings is 1. The molecule has 0 aliphatic heterocycles. The highest BCUT2D eigenvalue weighted by Crippen LogP contribution is 2.32. The van der Waals surface area contributed by atoms with Gasteiger partial charge in [-0.05, 0) is 35.2 Å². The third-order valence-corrected chi connectivity index (χ3v) is 4.92. The molecule has 0 fully saturated rings. The minimum Gasteiger partial charge on any atom is -0.423 e. The fourth-order valence-corrected chi connectivity index (χ4v) is 3.61. The van der Waals surface area contributed by atoms with Crippen LogP contribution >= 0.6 is 0 Å². The summed E-state index contributed by atoms with van der Waals surface area (Å²) in [6, 6.07) is 17.4. The van der Waals surface area contributed by atoms with E-state index < -0.39 is 10.5 Å². The topological polar surface area (TPSA) is 86.2 Å². The number of hydrogen-bond donors (Lipinski definition) is 0. The Morgan fingerprint density at radius 2 is 1.86 bits per heavy atom. The highest BCUT2D eigenvalue weighted by Gasteiger charge is 2.16. The largest absolute Gasteiger partial charge is 0.423 e. The van der Waals surface area contributed by atoms with Gasteiger partial charge in [0.1, 0.15) is 5.58 Å². The molecule has 4 rings (SSSR count). The van der Waals surface area contributed by atoms with Crippen molar-refractivity contribution in [3.8, 4) is 11.1 Å². The van der Waals surface area contributed by atoms with Crippen LogP contribution in [0.1, 0.15) is 23.7 Å². The molecule has 0 atom stereocenters. The van der Waals surface area contributed by atoms with Gasteiger partial charge < -0.3 is 4.42 Å². The van der Waals surface area contributed by atoms with Gasteiger partial charge in [0.05, 0.1) is 4.92 Å². The summed E-state index contributed by atoms with van der Waals surface area (Å²) in [5.41, 5.74) is 4.47. The maximum Gasteiger partial charge on any atom is 0.336 e. The van der Waals surface area contributed by atoms with E-state index >= 15 is 0 Å². The van der Waals surface area contributed by atoms with Crippen LogP contribution in [0.5, 0.6) is 0 Å². The lowest BCUT2D eigenvalue weighted by molar-refractivity contribution is -0.384. The van der Waals surface area contributed by atoms with Gasteiger partial charge in [0.25, 0.3) is 5.69 Å². The number of nitro benzene ring substituents is 1. The standard InChI is InChI=1S/C23H18N2O4/c1-2-21-20(13-15-6-5-7-16(12-15)25(27)28)17(10-11-24-21)19-14-23(26)29-22-9-4-3-8-18(19)22/h3-12,14H,2,13H2,1H3. The molecule has 0 spiro atoms. The monoisotopic (exact) mass is 386 g/mol. The molecule has 0 radical (unpaired) electrons. The number of nitrogens with zero attached hydrogens (tertiary/aromatic N) is 2. The third-order valence-electron chi connectivity index (χ3n) is 4.92. The van der Waals surface area contributed by atoms with Crippen molar-refractivity contribution in [2.45, 2.75) is 19.8 Å². The first kappa shape index (κ1) is 18.6. The van der Waals surface area contributed by atoms with Crippen LogP contribution in [0.25, 0.3) is 22.1 Å². The van der Waals surface area contributed by atoms with Gasteiger partial charge in [0.15, 0.2) is 0 Å². The molecule has 0 saturated carbocycles. The lowest BCUT2D eigenvalue weighted by Gasteiger charge is -2.15. The molecule has 0 aliphatic carbocycles. The Bertz CT molecular complexity index is 1280. The summed E-state index contributed by atoms with van der Waals surface area (Å²) in [5.74, 6) is 0. The van der Waals surface area contributed by atoms with Gasteiger partial charge in [0, 0.05) is 47.5 Å². The van der Waals surface area contributed by atoms with Crippen LogP contribution in [0.15, 0.2) is 76.1 Å². The third kappa shape index (κ3) is 3.65. The molecular formula is C23H18N2O4. The van der Waals surface area contributed by atoms with E-state index in [1.165, 1.54) is 12.1 Å². The molecule has 6 heteroatoms. The first-order valence-corrected chi connectivity index (χ1v) is 9.30. The van der Waals surface area contributed by atoms with Gasteiger partial charge in [-0.25, -0.2) is 4.79 Å². The smallest absolute Gasteiger partial charge is 0.336 e. The van der Waals surface area contributed by atoms with Gasteiger partial charge in [-0.15, -0.1) is 0 Å². The Hall–Kier alpha value is -3.80. The second kappa shape index (κ2) is 7.67. The van der Waals surface area contributed by atoms with Gasteiger partial charge >= 0.3 is 5.63 Å². The van der Waals surface area contributed by atoms with Gasteiger partial charge in [-0.3, -0.25) is 15.1 Å². The van der Waals surface area contributed by atoms with Crippen LogP contribution in [0, 0.1) is 10.1 Å². The molecule has 144 valence electrons. The molecule has 6 nitrogen and oxygen atoms in total. The highest BCUT2D eigenvalue weighted by atomic mass is 16.6. The summed E-state index contributed by atoms with van der Waals surface area (Å²) in [6.45, 7) is 2.01. The van der Waals surface area contributed by atoms with Crippen LogP contribution in [-0.2, 0) is 12.8 Å². The van der Waals surface area contributed by atoms with Crippen molar-refractivity contribution in [1.29, 1.82) is 0 Å². The van der Waals surface area contributed by atoms with Crippen molar-refractivity contribution < 1.29 is 9.34 Å². The molecule has 0 bridgehead atoms. The quantitative estimate of drug-likeness (QED) is 0.276. The molecule has 29 heavy (non-hydrogen) atoms. The molecule has 0 aliphatic rings. The van der Waals surface area contributed by atoms with E-state index in [9.17, 15) is 14.9 Å². The first-order valence-electron chi connectivity index (χ1n) is 9.30. The van der Waals surface area contributed by atoms with Gasteiger partial charge in [-0.1, -0.05) is 37.3 Å². The fraction of sp³-hybridized carbons (Fsp3) is 0.130. The maximum absolute atomic E-state index is 12.2. The Kier molecular flexibility index (Phi) is 4.91. The number of para-hydroxylation sites is 1. The summed E-state index contributed by atoms with van der Waals surface area (Å²) in [6.07, 6.45) is 2.91. The number of non-ortho nitro benzene ring substituents is 1. The second-order valence-electron chi connectivity index (χ2n) is 6.72. The van der Waals surface area contributed by atoms with Crippen LogP contribution in [-0.4, -0.2) is 9.91 Å². The van der Waals surface area contributed by atoms with E-state index in [0.717, 1.165) is 33.3 Å². The Balaban J connectivity index is 1.92. The summed E-state index contributed by atoms with van der Waals surface area (Å²) < 4.78 is 5.33. The zero-order chi connectivity index (χ0) is 20.4. The number of aryl methyl sites for hydroxylation is 1. The zero-order valence-electron chi connectivity index (χ0n) is 15.8. The Morgan fingerprint density at radius 1 is 1.03 bits per heavy atom. The summed E-state index contributed by atoms with van der Waals surface area (Å²) in [4.78, 5) is 27.4. The molecule has 0 saturated heterocycles. The van der Waals surface area contributed by atoms with E-state index in [-0.39, 0.29) is 5.69 Å². The predicted octanol–water partition coefficient (Wildman–Crippen LogP) is 4.92. The number of aromatic nitrogens is 1. The maximum atomic E-state index is 12.2. The predicted molar refractivity (Wildman–Crippen MR) is 111 cm³/mol. The minimum absolute atomic E-state index is 0.0526. The number of hydrogen-bond acceptors (Lipinski definition) is 5. The highest BCUT2D eigenvalue weighted by molar-refractivity contribution is 5.94. The van der Waals surface area contributed by atoms with E-state index in [2.05, 4.69) is 4.98 Å². The van der Waals surface area contributed by atoms with Crippen molar-refractivity contribution in [2.24, 2.45) is 0 Å². The first-order chi connectivity index (χ1) is 14.1. The Morgan fingerprint density at radius 3 is 2.66 bits per heavy atom. The van der Waals surface area contributed by atoms with E-state index in [4.69, 9.17) is 4.42 Å². The Labute approximate surface area is 166 Å². The minimum atomic E-state index is -0.421.